The molecule has 0 aliphatic rings. The molecule has 0 radical (unpaired) electrons. The lowest BCUT2D eigenvalue weighted by atomic mass is 10.3. The van der Waals surface area contributed by atoms with Gasteiger partial charge in [-0.15, -0.1) is 0 Å². The van der Waals surface area contributed by atoms with Crippen LogP contribution in [0.25, 0.3) is 0 Å². The summed E-state index contributed by atoms with van der Waals surface area (Å²) in [7, 11) is 1.24. The van der Waals surface area contributed by atoms with Crippen LogP contribution in [0.2, 0.25) is 0 Å². The number of nitrogens with zero attached hydrogens (tertiary/aromatic N) is 1. The van der Waals surface area contributed by atoms with Crippen LogP contribution in [0, 0.1) is 17.5 Å². The Balaban J connectivity index is 2.37. The summed E-state index contributed by atoms with van der Waals surface area (Å²) < 4.78 is 44.0. The van der Waals surface area contributed by atoms with E-state index in [4.69, 9.17) is 10.5 Å². The molecule has 1 heterocycles. The van der Waals surface area contributed by atoms with Crippen molar-refractivity contribution >= 4 is 17.2 Å². The molecule has 7 heteroatoms. The monoisotopic (exact) mass is 269 g/mol. The van der Waals surface area contributed by atoms with Gasteiger partial charge < -0.3 is 15.8 Å². The number of hydrogen-bond acceptors (Lipinski definition) is 4. The largest absolute Gasteiger partial charge is 0.479 e. The number of aromatic nitrogens is 1. The van der Waals surface area contributed by atoms with Crippen molar-refractivity contribution in [3.63, 3.8) is 0 Å². The number of benzene rings is 1. The zero-order chi connectivity index (χ0) is 14.0. The Kier molecular flexibility index (Phi) is 3.46. The maximum absolute atomic E-state index is 13.3. The fourth-order valence-electron chi connectivity index (χ4n) is 1.49. The fraction of sp³-hybridized carbons (Fsp3) is 0.0833. The summed E-state index contributed by atoms with van der Waals surface area (Å²) in [4.78, 5) is 3.77. The molecule has 19 heavy (non-hydrogen) atoms. The Morgan fingerprint density at radius 2 is 1.74 bits per heavy atom. The summed E-state index contributed by atoms with van der Waals surface area (Å²) in [6.45, 7) is 0. The lowest BCUT2D eigenvalue weighted by Gasteiger charge is -2.10. The number of methoxy groups -OCH3 is 1. The molecule has 0 fully saturated rings. The molecule has 0 aliphatic heterocycles. The summed E-state index contributed by atoms with van der Waals surface area (Å²) in [6.07, 6.45) is 0. The van der Waals surface area contributed by atoms with E-state index in [1.165, 1.54) is 7.11 Å². The van der Waals surface area contributed by atoms with Crippen molar-refractivity contribution in [3.05, 3.63) is 41.7 Å². The highest BCUT2D eigenvalue weighted by atomic mass is 19.1. The van der Waals surface area contributed by atoms with Crippen molar-refractivity contribution in [1.29, 1.82) is 0 Å². The van der Waals surface area contributed by atoms with Crippen LogP contribution in [-0.2, 0) is 0 Å². The van der Waals surface area contributed by atoms with Crippen LogP contribution in [0.3, 0.4) is 0 Å². The second-order valence-electron chi connectivity index (χ2n) is 3.70. The molecule has 3 N–H and O–H groups in total. The lowest BCUT2D eigenvalue weighted by molar-refractivity contribution is 0.370. The molecule has 0 saturated heterocycles. The van der Waals surface area contributed by atoms with Gasteiger partial charge in [-0.1, -0.05) is 0 Å². The minimum absolute atomic E-state index is 0.0111. The van der Waals surface area contributed by atoms with Crippen molar-refractivity contribution in [1.82, 2.24) is 4.98 Å². The first-order chi connectivity index (χ1) is 8.99. The third-order valence-electron chi connectivity index (χ3n) is 2.29. The second-order valence-corrected chi connectivity index (χ2v) is 3.70. The van der Waals surface area contributed by atoms with Gasteiger partial charge in [0.15, 0.2) is 11.6 Å². The third kappa shape index (κ3) is 2.87. The Bertz CT molecular complexity index is 599. The first-order valence-corrected chi connectivity index (χ1v) is 5.22. The van der Waals surface area contributed by atoms with E-state index >= 15 is 0 Å². The molecule has 0 atom stereocenters. The first-order valence-electron chi connectivity index (χ1n) is 5.22. The predicted octanol–water partition coefficient (Wildman–Crippen LogP) is 2.83. The molecule has 0 amide bonds. The average Bonchev–Trinajstić information content (AvgIpc) is 2.31. The van der Waals surface area contributed by atoms with Crippen LogP contribution >= 0.6 is 0 Å². The van der Waals surface area contributed by atoms with Crippen LogP contribution in [0.15, 0.2) is 24.3 Å². The van der Waals surface area contributed by atoms with Gasteiger partial charge in [0.25, 0.3) is 5.88 Å². The number of nitrogens with two attached hydrogens (primary N) is 1. The van der Waals surface area contributed by atoms with E-state index in [0.29, 0.717) is 0 Å². The topological polar surface area (TPSA) is 60.2 Å². The van der Waals surface area contributed by atoms with E-state index < -0.39 is 17.5 Å². The number of anilines is 3. The summed E-state index contributed by atoms with van der Waals surface area (Å²) in [5.74, 6) is -2.46. The minimum atomic E-state index is -0.754. The molecule has 1 aromatic heterocycles. The molecule has 100 valence electrons. The van der Waals surface area contributed by atoms with E-state index in [9.17, 15) is 13.2 Å². The molecular formula is C12H10F3N3O. The summed E-state index contributed by atoms with van der Waals surface area (Å²) >= 11 is 0. The van der Waals surface area contributed by atoms with Crippen LogP contribution in [0.5, 0.6) is 5.88 Å². The summed E-state index contributed by atoms with van der Waals surface area (Å²) in [6, 6.07) is 3.84. The third-order valence-corrected chi connectivity index (χ3v) is 2.29. The molecule has 0 unspecified atom stereocenters. The van der Waals surface area contributed by atoms with Gasteiger partial charge in [0.1, 0.15) is 11.6 Å². The predicted molar refractivity (Wildman–Crippen MR) is 64.8 cm³/mol. The summed E-state index contributed by atoms with van der Waals surface area (Å²) in [5, 5.41) is 2.59. The lowest BCUT2D eigenvalue weighted by Crippen LogP contribution is -2.03. The zero-order valence-electron chi connectivity index (χ0n) is 9.88. The molecule has 0 bridgehead atoms. The van der Waals surface area contributed by atoms with Gasteiger partial charge in [0.2, 0.25) is 0 Å². The number of halogens is 3. The van der Waals surface area contributed by atoms with E-state index in [2.05, 4.69) is 10.3 Å². The molecule has 2 rings (SSSR count). The highest BCUT2D eigenvalue weighted by Gasteiger charge is 2.11. The van der Waals surface area contributed by atoms with Crippen molar-refractivity contribution in [2.24, 2.45) is 0 Å². The Morgan fingerprint density at radius 1 is 1.11 bits per heavy atom. The molecule has 0 saturated carbocycles. The molecule has 0 spiro atoms. The number of nitrogen functional groups attached to an aromatic ring is 1. The average molecular weight is 269 g/mol. The van der Waals surface area contributed by atoms with E-state index in [1.807, 2.05) is 0 Å². The number of ether oxygens (including phenoxy) is 1. The van der Waals surface area contributed by atoms with Crippen molar-refractivity contribution in [2.75, 3.05) is 18.2 Å². The Morgan fingerprint density at radius 3 is 2.32 bits per heavy atom. The van der Waals surface area contributed by atoms with Crippen LogP contribution in [0.4, 0.5) is 30.4 Å². The molecule has 0 aliphatic carbocycles. The first kappa shape index (κ1) is 13.0. The van der Waals surface area contributed by atoms with Gasteiger partial charge >= 0.3 is 0 Å². The fourth-order valence-corrected chi connectivity index (χ4v) is 1.49. The zero-order valence-corrected chi connectivity index (χ0v) is 9.88. The second kappa shape index (κ2) is 5.05. The SMILES string of the molecule is COc1nc(Nc2cc(F)cc(F)c2)c(N)cc1F. The van der Waals surface area contributed by atoms with Gasteiger partial charge in [-0.3, -0.25) is 0 Å². The molecule has 1 aromatic carbocycles. The smallest absolute Gasteiger partial charge is 0.252 e. The quantitative estimate of drug-likeness (QED) is 0.899. The van der Waals surface area contributed by atoms with Crippen LogP contribution in [0.1, 0.15) is 0 Å². The van der Waals surface area contributed by atoms with Gasteiger partial charge in [-0.2, -0.15) is 4.98 Å². The van der Waals surface area contributed by atoms with E-state index in [1.54, 1.807) is 0 Å². The number of hydrogen-bond donors (Lipinski definition) is 2. The standard InChI is InChI=1S/C12H10F3N3O/c1-19-12-9(15)5-10(16)11(18-12)17-8-3-6(13)2-7(14)4-8/h2-5H,16H2,1H3,(H,17,18). The van der Waals surface area contributed by atoms with Gasteiger partial charge in [-0.05, 0) is 12.1 Å². The van der Waals surface area contributed by atoms with Crippen molar-refractivity contribution < 1.29 is 17.9 Å². The number of nitrogens with one attached hydrogen (secondary N) is 1. The van der Waals surface area contributed by atoms with Gasteiger partial charge in [0.05, 0.1) is 12.8 Å². The minimum Gasteiger partial charge on any atom is -0.479 e. The van der Waals surface area contributed by atoms with Crippen LogP contribution < -0.4 is 15.8 Å². The van der Waals surface area contributed by atoms with Gasteiger partial charge in [0, 0.05) is 17.8 Å². The van der Waals surface area contributed by atoms with Crippen LogP contribution in [-0.4, -0.2) is 12.1 Å². The summed E-state index contributed by atoms with van der Waals surface area (Å²) in [5.41, 5.74) is 5.65. The van der Waals surface area contributed by atoms with E-state index in [-0.39, 0.29) is 23.1 Å². The van der Waals surface area contributed by atoms with Crippen molar-refractivity contribution in [3.8, 4) is 5.88 Å². The molecule has 2 aromatic rings. The number of pyridine rings is 1. The maximum atomic E-state index is 13.3. The van der Waals surface area contributed by atoms with Gasteiger partial charge in [-0.25, -0.2) is 13.2 Å². The maximum Gasteiger partial charge on any atom is 0.252 e. The van der Waals surface area contributed by atoms with Crippen molar-refractivity contribution in [2.45, 2.75) is 0 Å². The highest BCUT2D eigenvalue weighted by molar-refractivity contribution is 5.69. The molecule has 4 nitrogen and oxygen atoms in total. The highest BCUT2D eigenvalue weighted by Crippen LogP contribution is 2.27. The molecular weight excluding hydrogens is 259 g/mol. The Labute approximate surface area is 107 Å². The number of rotatable bonds is 3. The normalized spacial score (nSPS) is 10.3. The van der Waals surface area contributed by atoms with E-state index in [0.717, 1.165) is 24.3 Å². The Hall–Kier alpha value is -2.44.